The predicted octanol–water partition coefficient (Wildman–Crippen LogP) is 2.32. The molecule has 2 atom stereocenters. The number of nitrogens with zero attached hydrogens (tertiary/aromatic N) is 2. The van der Waals surface area contributed by atoms with Gasteiger partial charge in [0.1, 0.15) is 0 Å². The zero-order chi connectivity index (χ0) is 13.8. The lowest BCUT2D eigenvalue weighted by Gasteiger charge is -2.30. The topological polar surface area (TPSA) is 18.5 Å². The predicted molar refractivity (Wildman–Crippen MR) is 85.1 cm³/mol. The van der Waals surface area contributed by atoms with Gasteiger partial charge < -0.3 is 10.2 Å². The first-order valence-corrected chi connectivity index (χ1v) is 9.06. The number of nitrogens with one attached hydrogen (secondary N) is 1. The Labute approximate surface area is 125 Å². The van der Waals surface area contributed by atoms with E-state index in [4.69, 9.17) is 0 Å². The fraction of sp³-hybridized carbons (Fsp3) is 1.00. The van der Waals surface area contributed by atoms with Gasteiger partial charge in [0, 0.05) is 25.2 Å². The van der Waals surface area contributed by atoms with Crippen LogP contribution >= 0.6 is 0 Å². The van der Waals surface area contributed by atoms with E-state index in [1.807, 2.05) is 0 Å². The molecule has 1 aliphatic carbocycles. The monoisotopic (exact) mass is 279 g/mol. The molecule has 0 radical (unpaired) electrons. The lowest BCUT2D eigenvalue weighted by atomic mass is 9.97. The molecule has 1 saturated carbocycles. The fourth-order valence-electron chi connectivity index (χ4n) is 4.66. The van der Waals surface area contributed by atoms with Crippen molar-refractivity contribution in [3.63, 3.8) is 0 Å². The molecule has 116 valence electrons. The summed E-state index contributed by atoms with van der Waals surface area (Å²) in [5.41, 5.74) is 0. The van der Waals surface area contributed by atoms with Crippen molar-refractivity contribution >= 4 is 0 Å². The van der Waals surface area contributed by atoms with Crippen molar-refractivity contribution in [2.24, 2.45) is 5.92 Å². The highest BCUT2D eigenvalue weighted by atomic mass is 15.3. The highest BCUT2D eigenvalue weighted by molar-refractivity contribution is 4.89. The summed E-state index contributed by atoms with van der Waals surface area (Å²) in [6.07, 6.45) is 10.1. The minimum Gasteiger partial charge on any atom is -0.313 e. The minimum absolute atomic E-state index is 0.750. The first kappa shape index (κ1) is 14.8. The largest absolute Gasteiger partial charge is 0.313 e. The first-order valence-electron chi connectivity index (χ1n) is 9.06. The SMILES string of the molecule is CCNC(CN1CCC(N2CCCC2)C1)C1CCCC1. The number of likely N-dealkylation sites (tertiary alicyclic amines) is 2. The number of rotatable bonds is 6. The van der Waals surface area contributed by atoms with Crippen LogP contribution < -0.4 is 5.32 Å². The van der Waals surface area contributed by atoms with Crippen molar-refractivity contribution in [1.82, 2.24) is 15.1 Å². The molecule has 3 fully saturated rings. The summed E-state index contributed by atoms with van der Waals surface area (Å²) in [5, 5.41) is 3.78. The third-order valence-corrected chi connectivity index (χ3v) is 5.79. The van der Waals surface area contributed by atoms with E-state index < -0.39 is 0 Å². The molecule has 1 N–H and O–H groups in total. The van der Waals surface area contributed by atoms with Gasteiger partial charge in [-0.3, -0.25) is 4.90 Å². The highest BCUT2D eigenvalue weighted by Crippen LogP contribution is 2.29. The Morgan fingerprint density at radius 3 is 2.45 bits per heavy atom. The molecule has 0 amide bonds. The van der Waals surface area contributed by atoms with Crippen LogP contribution in [0.1, 0.15) is 51.9 Å². The molecule has 2 saturated heterocycles. The van der Waals surface area contributed by atoms with E-state index in [-0.39, 0.29) is 0 Å². The molecular weight excluding hydrogens is 246 g/mol. The van der Waals surface area contributed by atoms with Crippen LogP contribution in [0, 0.1) is 5.92 Å². The van der Waals surface area contributed by atoms with Crippen LogP contribution in [-0.4, -0.2) is 61.2 Å². The van der Waals surface area contributed by atoms with Gasteiger partial charge in [0.05, 0.1) is 0 Å². The maximum Gasteiger partial charge on any atom is 0.0235 e. The average molecular weight is 279 g/mol. The van der Waals surface area contributed by atoms with Crippen molar-refractivity contribution in [1.29, 1.82) is 0 Å². The summed E-state index contributed by atoms with van der Waals surface area (Å²) in [6.45, 7) is 10.1. The van der Waals surface area contributed by atoms with Crippen LogP contribution in [0.5, 0.6) is 0 Å². The van der Waals surface area contributed by atoms with E-state index >= 15 is 0 Å². The molecule has 2 unspecified atom stereocenters. The van der Waals surface area contributed by atoms with Crippen molar-refractivity contribution in [2.75, 3.05) is 39.3 Å². The zero-order valence-corrected chi connectivity index (χ0v) is 13.3. The van der Waals surface area contributed by atoms with Gasteiger partial charge >= 0.3 is 0 Å². The first-order chi connectivity index (χ1) is 9.86. The Kier molecular flexibility index (Phi) is 5.36. The molecule has 0 aromatic carbocycles. The summed E-state index contributed by atoms with van der Waals surface area (Å²) in [5.74, 6) is 0.945. The molecule has 2 aliphatic heterocycles. The van der Waals surface area contributed by atoms with E-state index in [1.165, 1.54) is 77.7 Å². The van der Waals surface area contributed by atoms with Crippen LogP contribution in [0.3, 0.4) is 0 Å². The Hall–Kier alpha value is -0.120. The van der Waals surface area contributed by atoms with Crippen molar-refractivity contribution < 1.29 is 0 Å². The molecular formula is C17H33N3. The highest BCUT2D eigenvalue weighted by Gasteiger charge is 2.32. The number of hydrogen-bond acceptors (Lipinski definition) is 3. The van der Waals surface area contributed by atoms with Gasteiger partial charge in [-0.25, -0.2) is 0 Å². The van der Waals surface area contributed by atoms with Crippen LogP contribution in [0.15, 0.2) is 0 Å². The summed E-state index contributed by atoms with van der Waals surface area (Å²) >= 11 is 0. The van der Waals surface area contributed by atoms with Gasteiger partial charge in [-0.1, -0.05) is 19.8 Å². The second-order valence-corrected chi connectivity index (χ2v) is 7.15. The van der Waals surface area contributed by atoms with Crippen molar-refractivity contribution in [3.05, 3.63) is 0 Å². The van der Waals surface area contributed by atoms with Gasteiger partial charge in [-0.15, -0.1) is 0 Å². The molecule has 3 heteroatoms. The van der Waals surface area contributed by atoms with Crippen molar-refractivity contribution in [2.45, 2.75) is 64.0 Å². The standard InChI is InChI=1S/C17H33N3/c1-2-18-17(15-7-3-4-8-15)14-19-12-9-16(13-19)20-10-5-6-11-20/h15-18H,2-14H2,1H3. The average Bonchev–Trinajstić information content (AvgIpc) is 3.20. The second-order valence-electron chi connectivity index (χ2n) is 7.15. The van der Waals surface area contributed by atoms with Gasteiger partial charge in [0.25, 0.3) is 0 Å². The lowest BCUT2D eigenvalue weighted by molar-refractivity contribution is 0.207. The van der Waals surface area contributed by atoms with E-state index in [0.29, 0.717) is 0 Å². The minimum atomic E-state index is 0.750. The van der Waals surface area contributed by atoms with Crippen LogP contribution in [0.4, 0.5) is 0 Å². The summed E-state index contributed by atoms with van der Waals surface area (Å²) in [4.78, 5) is 5.49. The fourth-order valence-corrected chi connectivity index (χ4v) is 4.66. The summed E-state index contributed by atoms with van der Waals surface area (Å²) in [7, 11) is 0. The Bertz CT molecular complexity index is 282. The molecule has 0 aromatic heterocycles. The van der Waals surface area contributed by atoms with E-state index in [2.05, 4.69) is 22.0 Å². The second kappa shape index (κ2) is 7.24. The van der Waals surface area contributed by atoms with Gasteiger partial charge in [0.15, 0.2) is 0 Å². The lowest BCUT2D eigenvalue weighted by Crippen LogP contribution is -2.45. The van der Waals surface area contributed by atoms with Crippen LogP contribution in [-0.2, 0) is 0 Å². The summed E-state index contributed by atoms with van der Waals surface area (Å²) in [6, 6.07) is 1.61. The maximum atomic E-state index is 3.78. The quantitative estimate of drug-likeness (QED) is 0.805. The third kappa shape index (κ3) is 3.55. The molecule has 3 rings (SSSR count). The molecule has 0 bridgehead atoms. The van der Waals surface area contributed by atoms with E-state index in [9.17, 15) is 0 Å². The molecule has 3 aliphatic rings. The Morgan fingerprint density at radius 2 is 1.75 bits per heavy atom. The molecule has 0 spiro atoms. The molecule has 0 aromatic rings. The summed E-state index contributed by atoms with van der Waals surface area (Å²) < 4.78 is 0. The smallest absolute Gasteiger partial charge is 0.0235 e. The molecule has 3 nitrogen and oxygen atoms in total. The molecule has 20 heavy (non-hydrogen) atoms. The Morgan fingerprint density at radius 1 is 1.00 bits per heavy atom. The van der Waals surface area contributed by atoms with Gasteiger partial charge in [0.2, 0.25) is 0 Å². The van der Waals surface area contributed by atoms with E-state index in [0.717, 1.165) is 24.5 Å². The van der Waals surface area contributed by atoms with Crippen LogP contribution in [0.2, 0.25) is 0 Å². The maximum absolute atomic E-state index is 3.78. The zero-order valence-electron chi connectivity index (χ0n) is 13.3. The van der Waals surface area contributed by atoms with Crippen LogP contribution in [0.25, 0.3) is 0 Å². The number of hydrogen-bond donors (Lipinski definition) is 1. The van der Waals surface area contributed by atoms with Gasteiger partial charge in [-0.05, 0) is 64.2 Å². The normalized spacial score (nSPS) is 31.4. The van der Waals surface area contributed by atoms with Gasteiger partial charge in [-0.2, -0.15) is 0 Å². The third-order valence-electron chi connectivity index (χ3n) is 5.79. The van der Waals surface area contributed by atoms with Crippen molar-refractivity contribution in [3.8, 4) is 0 Å². The Balaban J connectivity index is 1.48. The number of likely N-dealkylation sites (N-methyl/N-ethyl adjacent to an activating group) is 1. The molecule has 2 heterocycles. The van der Waals surface area contributed by atoms with E-state index in [1.54, 1.807) is 0 Å².